The van der Waals surface area contributed by atoms with Crippen LogP contribution in [0, 0.1) is 12.7 Å². The Kier molecular flexibility index (Phi) is 8.12. The fourth-order valence-electron chi connectivity index (χ4n) is 4.48. The summed E-state index contributed by atoms with van der Waals surface area (Å²) in [5.41, 5.74) is 2.84. The number of anilines is 4. The lowest BCUT2D eigenvalue weighted by molar-refractivity contribution is 0.162. The number of halogens is 1. The van der Waals surface area contributed by atoms with Gasteiger partial charge in [0.05, 0.1) is 10.6 Å². The molecule has 0 saturated carbocycles. The third-order valence-corrected chi connectivity index (χ3v) is 9.21. The highest BCUT2D eigenvalue weighted by molar-refractivity contribution is 7.89. The van der Waals surface area contributed by atoms with Crippen LogP contribution < -0.4 is 10.6 Å². The van der Waals surface area contributed by atoms with Gasteiger partial charge in [-0.05, 0) is 85.4 Å². The van der Waals surface area contributed by atoms with Gasteiger partial charge in [0.1, 0.15) is 11.6 Å². The number of nitrogens with one attached hydrogen (secondary N) is 2. The number of aromatic nitrogens is 4. The molecule has 0 aliphatic carbocycles. The van der Waals surface area contributed by atoms with E-state index in [1.165, 1.54) is 21.9 Å². The molecule has 13 heteroatoms. The highest BCUT2D eigenvalue weighted by atomic mass is 32.2. The molecule has 0 radical (unpaired) electrons. The van der Waals surface area contributed by atoms with E-state index in [1.807, 2.05) is 5.38 Å². The third kappa shape index (κ3) is 6.56. The zero-order chi connectivity index (χ0) is 27.4. The van der Waals surface area contributed by atoms with Gasteiger partial charge in [-0.3, -0.25) is 4.90 Å². The predicted molar refractivity (Wildman–Crippen MR) is 149 cm³/mol. The topological polar surface area (TPSA) is 116 Å². The minimum Gasteiger partial charge on any atom is -0.340 e. The summed E-state index contributed by atoms with van der Waals surface area (Å²) in [5.74, 6) is 0.605. The van der Waals surface area contributed by atoms with Gasteiger partial charge in [0.15, 0.2) is 0 Å². The van der Waals surface area contributed by atoms with Crippen LogP contribution in [0.5, 0.6) is 0 Å². The molecule has 0 bridgehead atoms. The molecule has 3 heterocycles. The van der Waals surface area contributed by atoms with E-state index in [0.29, 0.717) is 28.7 Å². The number of sulfonamides is 1. The number of nitrogens with zero attached hydrogens (tertiary/aromatic N) is 6. The molecule has 2 aromatic heterocycles. The van der Waals surface area contributed by atoms with E-state index in [1.54, 1.807) is 62.6 Å². The average Bonchev–Trinajstić information content (AvgIpc) is 3.44. The molecule has 5 rings (SSSR count). The molecule has 0 amide bonds. The van der Waals surface area contributed by atoms with Crippen LogP contribution in [-0.4, -0.2) is 63.4 Å². The fourth-order valence-corrected chi connectivity index (χ4v) is 6.34. The molecule has 2 N–H and O–H groups in total. The first kappa shape index (κ1) is 27.1. The molecule has 1 saturated heterocycles. The number of rotatable bonds is 9. The molecule has 204 valence electrons. The van der Waals surface area contributed by atoms with Crippen LogP contribution in [0.4, 0.5) is 27.5 Å². The van der Waals surface area contributed by atoms with Gasteiger partial charge in [-0.15, -0.1) is 5.10 Å². The number of hydrogen-bond donors (Lipinski definition) is 2. The van der Waals surface area contributed by atoms with Gasteiger partial charge < -0.3 is 10.6 Å². The predicted octanol–water partition coefficient (Wildman–Crippen LogP) is 4.55. The van der Waals surface area contributed by atoms with Crippen LogP contribution in [0.25, 0.3) is 0 Å². The van der Waals surface area contributed by atoms with Crippen molar-refractivity contribution in [3.05, 3.63) is 77.2 Å². The summed E-state index contributed by atoms with van der Waals surface area (Å²) >= 11 is 1.34. The Labute approximate surface area is 231 Å². The zero-order valence-corrected chi connectivity index (χ0v) is 23.2. The second kappa shape index (κ2) is 11.7. The van der Waals surface area contributed by atoms with Crippen molar-refractivity contribution in [1.29, 1.82) is 0 Å². The number of piperidine rings is 1. The van der Waals surface area contributed by atoms with Gasteiger partial charge in [0, 0.05) is 55.7 Å². The molecule has 1 aliphatic rings. The van der Waals surface area contributed by atoms with E-state index < -0.39 is 10.0 Å². The largest absolute Gasteiger partial charge is 0.340 e. The minimum atomic E-state index is -3.65. The zero-order valence-electron chi connectivity index (χ0n) is 21.6. The van der Waals surface area contributed by atoms with Crippen LogP contribution in [0.15, 0.2) is 65.0 Å². The maximum Gasteiger partial charge on any atom is 0.243 e. The van der Waals surface area contributed by atoms with Crippen molar-refractivity contribution in [2.24, 2.45) is 0 Å². The van der Waals surface area contributed by atoms with Crippen molar-refractivity contribution in [3.8, 4) is 0 Å². The molecule has 39 heavy (non-hydrogen) atoms. The SMILES string of the molecule is Cc1cc(Nc2ccnc(Nc3ccc(S(=O)(=O)N(C)C4CCN(Cc5csnn5)CC4)cc3)n2)ccc1F. The lowest BCUT2D eigenvalue weighted by Gasteiger charge is -2.35. The first-order chi connectivity index (χ1) is 18.8. The molecule has 0 spiro atoms. The van der Waals surface area contributed by atoms with E-state index >= 15 is 0 Å². The molecule has 4 aromatic rings. The van der Waals surface area contributed by atoms with Crippen LogP contribution in [-0.2, 0) is 16.6 Å². The Hall–Kier alpha value is -3.52. The molecular formula is C26H29FN8O2S2. The Balaban J connectivity index is 1.19. The smallest absolute Gasteiger partial charge is 0.243 e. The Morgan fingerprint density at radius 2 is 1.82 bits per heavy atom. The molecule has 10 nitrogen and oxygen atoms in total. The average molecular weight is 569 g/mol. The molecule has 1 fully saturated rings. The Bertz CT molecular complexity index is 1510. The third-order valence-electron chi connectivity index (χ3n) is 6.74. The first-order valence-corrected chi connectivity index (χ1v) is 14.8. The maximum atomic E-state index is 13.5. The van der Waals surface area contributed by atoms with E-state index in [2.05, 4.69) is 35.1 Å². The molecule has 0 unspecified atom stereocenters. The normalized spacial score (nSPS) is 15.0. The van der Waals surface area contributed by atoms with Gasteiger partial charge in [0.25, 0.3) is 0 Å². The van der Waals surface area contributed by atoms with Crippen LogP contribution in [0.1, 0.15) is 24.1 Å². The van der Waals surface area contributed by atoms with Crippen molar-refractivity contribution >= 4 is 44.7 Å². The quantitative estimate of drug-likeness (QED) is 0.300. The van der Waals surface area contributed by atoms with E-state index in [4.69, 9.17) is 0 Å². The summed E-state index contributed by atoms with van der Waals surface area (Å²) < 4.78 is 45.6. The number of likely N-dealkylation sites (tertiary alicyclic amines) is 1. The van der Waals surface area contributed by atoms with Gasteiger partial charge in [-0.2, -0.15) is 9.29 Å². The number of aryl methyl sites for hydroxylation is 1. The summed E-state index contributed by atoms with van der Waals surface area (Å²) in [5, 5.41) is 12.3. The van der Waals surface area contributed by atoms with Gasteiger partial charge in [0.2, 0.25) is 16.0 Å². The van der Waals surface area contributed by atoms with Crippen molar-refractivity contribution < 1.29 is 12.8 Å². The summed E-state index contributed by atoms with van der Waals surface area (Å²) in [6.07, 6.45) is 3.11. The summed E-state index contributed by atoms with van der Waals surface area (Å²) in [4.78, 5) is 11.2. The van der Waals surface area contributed by atoms with Crippen LogP contribution >= 0.6 is 11.5 Å². The highest BCUT2D eigenvalue weighted by Crippen LogP contribution is 2.25. The first-order valence-electron chi connectivity index (χ1n) is 12.5. The fraction of sp³-hybridized carbons (Fsp3) is 0.308. The lowest BCUT2D eigenvalue weighted by Crippen LogP contribution is -2.45. The highest BCUT2D eigenvalue weighted by Gasteiger charge is 2.31. The standard InChI is InChI=1S/C26H29FN8O2S2/c1-18-15-20(5-8-24(18)27)29-25-9-12-28-26(31-25)30-19-3-6-23(7-4-19)39(36,37)34(2)22-10-13-35(14-11-22)16-21-17-38-33-32-21/h3-9,12,15,17,22H,10-11,13-14,16H2,1-2H3,(H2,28,29,30,31). The van der Waals surface area contributed by atoms with Crippen molar-refractivity contribution in [1.82, 2.24) is 28.8 Å². The summed E-state index contributed by atoms with van der Waals surface area (Å²) in [7, 11) is -1.99. The molecule has 1 aliphatic heterocycles. The lowest BCUT2D eigenvalue weighted by atomic mass is 10.1. The Morgan fingerprint density at radius 3 is 2.51 bits per heavy atom. The van der Waals surface area contributed by atoms with E-state index in [9.17, 15) is 12.8 Å². The second-order valence-corrected chi connectivity index (χ2v) is 12.0. The van der Waals surface area contributed by atoms with Crippen molar-refractivity contribution in [3.63, 3.8) is 0 Å². The van der Waals surface area contributed by atoms with Crippen molar-refractivity contribution in [2.45, 2.75) is 37.2 Å². The maximum absolute atomic E-state index is 13.5. The summed E-state index contributed by atoms with van der Waals surface area (Å²) in [6.45, 7) is 4.04. The summed E-state index contributed by atoms with van der Waals surface area (Å²) in [6, 6.07) is 12.9. The monoisotopic (exact) mass is 568 g/mol. The molecule has 2 aromatic carbocycles. The Morgan fingerprint density at radius 1 is 1.08 bits per heavy atom. The second-order valence-electron chi connectivity index (χ2n) is 9.43. The van der Waals surface area contributed by atoms with E-state index in [0.717, 1.165) is 38.2 Å². The molecule has 0 atom stereocenters. The van der Waals surface area contributed by atoms with Crippen LogP contribution in [0.2, 0.25) is 0 Å². The van der Waals surface area contributed by atoms with Crippen molar-refractivity contribution in [2.75, 3.05) is 30.8 Å². The van der Waals surface area contributed by atoms with Gasteiger partial charge >= 0.3 is 0 Å². The van der Waals surface area contributed by atoms with Gasteiger partial charge in [-0.1, -0.05) is 4.49 Å². The minimum absolute atomic E-state index is 0.0638. The van der Waals surface area contributed by atoms with E-state index in [-0.39, 0.29) is 16.8 Å². The number of benzene rings is 2. The van der Waals surface area contributed by atoms with Crippen LogP contribution in [0.3, 0.4) is 0 Å². The molecular weight excluding hydrogens is 539 g/mol. The number of hydrogen-bond acceptors (Lipinski definition) is 10. The van der Waals surface area contributed by atoms with Gasteiger partial charge in [-0.25, -0.2) is 17.8 Å².